The fourth-order valence-corrected chi connectivity index (χ4v) is 3.50. The minimum absolute atomic E-state index is 0.0439. The van der Waals surface area contributed by atoms with Crippen LogP contribution in [0, 0.1) is 0 Å². The highest BCUT2D eigenvalue weighted by molar-refractivity contribution is 6.05. The Kier molecular flexibility index (Phi) is 6.19. The molecule has 0 spiro atoms. The number of benzene rings is 2. The summed E-state index contributed by atoms with van der Waals surface area (Å²) in [6.07, 6.45) is -1.46. The molecule has 4 rings (SSSR count). The van der Waals surface area contributed by atoms with Gasteiger partial charge in [0.1, 0.15) is 6.61 Å². The van der Waals surface area contributed by atoms with E-state index in [9.17, 15) is 22.8 Å². The van der Waals surface area contributed by atoms with Crippen LogP contribution in [0.15, 0.2) is 54.7 Å². The molecule has 1 heterocycles. The monoisotopic (exact) mass is 458 g/mol. The lowest BCUT2D eigenvalue weighted by atomic mass is 10.1. The van der Waals surface area contributed by atoms with Gasteiger partial charge in [0.25, 0.3) is 5.91 Å². The Morgan fingerprint density at radius 1 is 1.09 bits per heavy atom. The van der Waals surface area contributed by atoms with E-state index in [4.69, 9.17) is 4.74 Å². The highest BCUT2D eigenvalue weighted by Crippen LogP contribution is 2.43. The molecule has 33 heavy (non-hydrogen) atoms. The van der Waals surface area contributed by atoms with Gasteiger partial charge in [-0.05, 0) is 49.2 Å². The van der Waals surface area contributed by atoms with Crippen LogP contribution in [0.3, 0.4) is 0 Å². The number of hydrogen-bond donors (Lipinski definition) is 2. The van der Waals surface area contributed by atoms with E-state index in [1.165, 1.54) is 30.1 Å². The molecule has 10 heteroatoms. The van der Waals surface area contributed by atoms with Gasteiger partial charge >= 0.3 is 6.18 Å². The van der Waals surface area contributed by atoms with Crippen LogP contribution in [0.1, 0.15) is 40.4 Å². The number of amides is 2. The first-order valence-electron chi connectivity index (χ1n) is 10.2. The number of ether oxygens (including phenoxy) is 1. The lowest BCUT2D eigenvalue weighted by molar-refractivity contribution is -0.137. The summed E-state index contributed by atoms with van der Waals surface area (Å²) in [6, 6.07) is 11.5. The summed E-state index contributed by atoms with van der Waals surface area (Å²) < 4.78 is 45.7. The first-order valence-corrected chi connectivity index (χ1v) is 10.2. The van der Waals surface area contributed by atoms with E-state index >= 15 is 0 Å². The second-order valence-corrected chi connectivity index (χ2v) is 7.69. The first kappa shape index (κ1) is 22.5. The zero-order valence-electron chi connectivity index (χ0n) is 17.6. The summed E-state index contributed by atoms with van der Waals surface area (Å²) in [5.41, 5.74) is 1.27. The maximum atomic E-state index is 13.2. The summed E-state index contributed by atoms with van der Waals surface area (Å²) in [6.45, 7) is -0.101. The molecule has 0 unspecified atom stereocenters. The lowest BCUT2D eigenvalue weighted by Crippen LogP contribution is -2.18. The van der Waals surface area contributed by atoms with Crippen LogP contribution in [0.25, 0.3) is 5.69 Å². The lowest BCUT2D eigenvalue weighted by Gasteiger charge is -2.12. The molecular weight excluding hydrogens is 437 g/mol. The molecule has 1 aliphatic carbocycles. The molecule has 2 N–H and O–H groups in total. The molecule has 0 atom stereocenters. The number of halogens is 3. The second-order valence-electron chi connectivity index (χ2n) is 7.69. The van der Waals surface area contributed by atoms with Gasteiger partial charge in [0.05, 0.1) is 28.7 Å². The van der Waals surface area contributed by atoms with Gasteiger partial charge in [0, 0.05) is 24.4 Å². The largest absolute Gasteiger partial charge is 0.416 e. The van der Waals surface area contributed by atoms with Gasteiger partial charge in [-0.2, -0.15) is 18.3 Å². The van der Waals surface area contributed by atoms with Crippen molar-refractivity contribution in [2.75, 3.05) is 24.4 Å². The van der Waals surface area contributed by atoms with Crippen molar-refractivity contribution in [1.82, 2.24) is 9.78 Å². The van der Waals surface area contributed by atoms with E-state index in [2.05, 4.69) is 15.7 Å². The Morgan fingerprint density at radius 2 is 1.79 bits per heavy atom. The van der Waals surface area contributed by atoms with Crippen molar-refractivity contribution >= 4 is 23.2 Å². The van der Waals surface area contributed by atoms with Crippen molar-refractivity contribution in [2.24, 2.45) is 0 Å². The van der Waals surface area contributed by atoms with Crippen LogP contribution in [-0.2, 0) is 15.7 Å². The number of nitrogens with zero attached hydrogens (tertiary/aromatic N) is 2. The van der Waals surface area contributed by atoms with E-state index < -0.39 is 17.6 Å². The molecule has 1 saturated carbocycles. The van der Waals surface area contributed by atoms with Crippen LogP contribution in [0.2, 0.25) is 0 Å². The Labute approximate surface area is 187 Å². The van der Waals surface area contributed by atoms with E-state index in [1.807, 2.05) is 0 Å². The predicted octanol–water partition coefficient (Wildman–Crippen LogP) is 4.61. The average molecular weight is 458 g/mol. The van der Waals surface area contributed by atoms with Gasteiger partial charge in [0.2, 0.25) is 5.91 Å². The van der Waals surface area contributed by atoms with E-state index in [-0.39, 0.29) is 24.1 Å². The van der Waals surface area contributed by atoms with Gasteiger partial charge < -0.3 is 15.4 Å². The van der Waals surface area contributed by atoms with Crippen LogP contribution in [-0.4, -0.2) is 35.3 Å². The fourth-order valence-electron chi connectivity index (χ4n) is 3.50. The van der Waals surface area contributed by atoms with Gasteiger partial charge in [0.15, 0.2) is 0 Å². The maximum Gasteiger partial charge on any atom is 0.416 e. The summed E-state index contributed by atoms with van der Waals surface area (Å²) in [5.74, 6) is -0.725. The van der Waals surface area contributed by atoms with E-state index in [1.54, 1.807) is 24.3 Å². The minimum Gasteiger partial charge on any atom is -0.375 e. The number of carbonyl (C=O) groups is 2. The third-order valence-electron chi connectivity index (χ3n) is 5.11. The number of carbonyl (C=O) groups excluding carboxylic acids is 2. The summed E-state index contributed by atoms with van der Waals surface area (Å²) in [7, 11) is 1.41. The maximum absolute atomic E-state index is 13.2. The molecule has 1 aliphatic rings. The summed E-state index contributed by atoms with van der Waals surface area (Å²) >= 11 is 0. The topological polar surface area (TPSA) is 85.2 Å². The van der Waals surface area contributed by atoms with Gasteiger partial charge in [-0.1, -0.05) is 12.1 Å². The molecule has 0 saturated heterocycles. The number of anilines is 2. The van der Waals surface area contributed by atoms with Crippen molar-refractivity contribution in [2.45, 2.75) is 24.9 Å². The van der Waals surface area contributed by atoms with Crippen LogP contribution >= 0.6 is 0 Å². The Balaban J connectivity index is 1.59. The van der Waals surface area contributed by atoms with Crippen molar-refractivity contribution in [3.8, 4) is 5.69 Å². The van der Waals surface area contributed by atoms with Crippen LogP contribution in [0.4, 0.5) is 24.5 Å². The number of aromatic nitrogens is 2. The second kappa shape index (κ2) is 9.07. The van der Waals surface area contributed by atoms with Crippen LogP contribution < -0.4 is 10.6 Å². The predicted molar refractivity (Wildman–Crippen MR) is 115 cm³/mol. The molecule has 2 amide bonds. The average Bonchev–Trinajstić information content (AvgIpc) is 3.51. The zero-order chi connectivity index (χ0) is 23.6. The third-order valence-corrected chi connectivity index (χ3v) is 5.11. The molecule has 0 radical (unpaired) electrons. The normalized spacial score (nSPS) is 13.6. The number of methoxy groups -OCH3 is 1. The van der Waals surface area contributed by atoms with E-state index in [0.717, 1.165) is 25.0 Å². The highest BCUT2D eigenvalue weighted by atomic mass is 19.4. The minimum atomic E-state index is -4.48. The summed E-state index contributed by atoms with van der Waals surface area (Å²) in [5, 5.41) is 9.66. The van der Waals surface area contributed by atoms with Crippen molar-refractivity contribution in [1.29, 1.82) is 0 Å². The van der Waals surface area contributed by atoms with E-state index in [0.29, 0.717) is 22.6 Å². The molecular formula is C23H21F3N4O3. The van der Waals surface area contributed by atoms with Crippen LogP contribution in [0.5, 0.6) is 0 Å². The van der Waals surface area contributed by atoms with Crippen molar-refractivity contribution < 1.29 is 27.5 Å². The van der Waals surface area contributed by atoms with Crippen molar-refractivity contribution in [3.63, 3.8) is 0 Å². The number of rotatable bonds is 7. The number of nitrogens with one attached hydrogen (secondary N) is 2. The van der Waals surface area contributed by atoms with Crippen molar-refractivity contribution in [3.05, 3.63) is 71.5 Å². The molecule has 0 aliphatic heterocycles. The summed E-state index contributed by atoms with van der Waals surface area (Å²) in [4.78, 5) is 24.7. The molecule has 7 nitrogen and oxygen atoms in total. The quantitative estimate of drug-likeness (QED) is 0.542. The SMILES string of the molecule is COCC(=O)Nc1cccc(NC(=O)c2cnn(-c3cccc(C(F)(F)F)c3)c2C2CC2)c1. The Hall–Kier alpha value is -3.66. The highest BCUT2D eigenvalue weighted by Gasteiger charge is 2.34. The van der Waals surface area contributed by atoms with Gasteiger partial charge in [-0.3, -0.25) is 9.59 Å². The molecule has 2 aromatic carbocycles. The zero-order valence-corrected chi connectivity index (χ0v) is 17.6. The molecule has 1 aromatic heterocycles. The van der Waals surface area contributed by atoms with Gasteiger partial charge in [-0.25, -0.2) is 4.68 Å². The number of hydrogen-bond acceptors (Lipinski definition) is 4. The first-order chi connectivity index (χ1) is 15.8. The fraction of sp³-hybridized carbons (Fsp3) is 0.261. The Morgan fingerprint density at radius 3 is 2.45 bits per heavy atom. The Bertz CT molecular complexity index is 1190. The smallest absolute Gasteiger partial charge is 0.375 e. The van der Waals surface area contributed by atoms with Gasteiger partial charge in [-0.15, -0.1) is 0 Å². The third kappa shape index (κ3) is 5.23. The number of alkyl halides is 3. The molecule has 3 aromatic rings. The molecule has 0 bridgehead atoms. The molecule has 172 valence electrons. The standard InChI is InChI=1S/C23H21F3N4O3/c1-33-13-20(31)28-16-5-3-6-17(11-16)29-22(32)19-12-27-30(21(19)14-8-9-14)18-7-2-4-15(10-18)23(24,25)26/h2-7,10-12,14H,8-9,13H2,1H3,(H,28,31)(H,29,32). The molecule has 1 fully saturated rings.